The van der Waals surface area contributed by atoms with Crippen molar-refractivity contribution in [2.45, 2.75) is 12.8 Å². The highest BCUT2D eigenvalue weighted by Crippen LogP contribution is 2.27. The topological polar surface area (TPSA) is 78.5 Å². The average Bonchev–Trinajstić information content (AvgIpc) is 2.53. The molecule has 8 heteroatoms. The Kier molecular flexibility index (Phi) is 6.93. The number of halogens is 3. The summed E-state index contributed by atoms with van der Waals surface area (Å²) in [4.78, 5) is 23.0. The number of hydrogen-bond acceptors (Lipinski definition) is 4. The molecule has 1 amide bonds. The van der Waals surface area contributed by atoms with Gasteiger partial charge in [-0.05, 0) is 42.8 Å². The molecule has 2 aromatic carbocycles. The van der Waals surface area contributed by atoms with Gasteiger partial charge in [0, 0.05) is 22.0 Å². The van der Waals surface area contributed by atoms with Crippen LogP contribution in [0, 0.1) is 0 Å². The van der Waals surface area contributed by atoms with Crippen molar-refractivity contribution < 1.29 is 19.4 Å². The second kappa shape index (κ2) is 8.94. The number of carbonyl (C=O) groups excluding carboxylic acids is 2. The number of anilines is 1. The van der Waals surface area contributed by atoms with Gasteiger partial charge in [-0.25, -0.2) is 0 Å². The van der Waals surface area contributed by atoms with Gasteiger partial charge in [0.15, 0.2) is 0 Å². The van der Waals surface area contributed by atoms with Crippen LogP contribution in [0.1, 0.15) is 23.2 Å². The van der Waals surface area contributed by atoms with E-state index in [2.05, 4.69) is 5.32 Å². The number of carbonyl (C=O) groups is 2. The number of amides is 1. The third kappa shape index (κ3) is 5.81. The zero-order valence-corrected chi connectivity index (χ0v) is 15.1. The van der Waals surface area contributed by atoms with E-state index < -0.39 is 5.97 Å². The standard InChI is InChI=1S/C17H14Cl3NO4/c18-10-4-6-15(13(20)8-10)25-7-1-2-16(22)21-14-9-11(19)3-5-12(14)17(23)24/h3-6,8-9H,1-2,7H2,(H,21,22)(H,23,24)/p-1. The molecular formula is C17H13Cl3NO4-. The van der Waals surface area contributed by atoms with Crippen LogP contribution in [0.25, 0.3) is 0 Å². The molecule has 0 bridgehead atoms. The van der Waals surface area contributed by atoms with Crippen molar-refractivity contribution in [2.75, 3.05) is 11.9 Å². The van der Waals surface area contributed by atoms with E-state index in [4.69, 9.17) is 39.5 Å². The Bertz CT molecular complexity index is 795. The first-order chi connectivity index (χ1) is 11.9. The van der Waals surface area contributed by atoms with Gasteiger partial charge in [-0.3, -0.25) is 4.79 Å². The van der Waals surface area contributed by atoms with E-state index in [-0.39, 0.29) is 30.2 Å². The zero-order chi connectivity index (χ0) is 18.4. The number of ether oxygens (including phenoxy) is 1. The Morgan fingerprint density at radius 3 is 2.40 bits per heavy atom. The van der Waals surface area contributed by atoms with Gasteiger partial charge in [0.2, 0.25) is 5.91 Å². The molecule has 2 rings (SSSR count). The molecule has 1 N–H and O–H groups in total. The van der Waals surface area contributed by atoms with E-state index in [1.54, 1.807) is 18.2 Å². The number of hydrogen-bond donors (Lipinski definition) is 1. The maximum atomic E-state index is 12.0. The first kappa shape index (κ1) is 19.4. The maximum Gasteiger partial charge on any atom is 0.224 e. The third-order valence-corrected chi connectivity index (χ3v) is 3.94. The van der Waals surface area contributed by atoms with Crippen LogP contribution in [0.4, 0.5) is 5.69 Å². The van der Waals surface area contributed by atoms with Gasteiger partial charge in [-0.15, -0.1) is 0 Å². The molecule has 0 heterocycles. The number of rotatable bonds is 7. The van der Waals surface area contributed by atoms with Crippen LogP contribution in [0.2, 0.25) is 15.1 Å². The lowest BCUT2D eigenvalue weighted by atomic mass is 10.1. The van der Waals surface area contributed by atoms with Gasteiger partial charge in [0.1, 0.15) is 5.75 Å². The van der Waals surface area contributed by atoms with Crippen LogP contribution >= 0.6 is 34.8 Å². The molecule has 2 aromatic rings. The zero-order valence-electron chi connectivity index (χ0n) is 12.9. The van der Waals surface area contributed by atoms with Gasteiger partial charge in [-0.2, -0.15) is 0 Å². The monoisotopic (exact) mass is 400 g/mol. The molecule has 132 valence electrons. The summed E-state index contributed by atoms with van der Waals surface area (Å²) in [6.45, 7) is 0.262. The van der Waals surface area contributed by atoms with Crippen molar-refractivity contribution in [3.63, 3.8) is 0 Å². The summed E-state index contributed by atoms with van der Waals surface area (Å²) >= 11 is 17.6. The highest BCUT2D eigenvalue weighted by atomic mass is 35.5. The molecule has 0 spiro atoms. The Morgan fingerprint density at radius 1 is 1.04 bits per heavy atom. The van der Waals surface area contributed by atoms with Crippen LogP contribution in [-0.2, 0) is 4.79 Å². The van der Waals surface area contributed by atoms with Crippen molar-refractivity contribution in [3.8, 4) is 5.75 Å². The van der Waals surface area contributed by atoms with E-state index >= 15 is 0 Å². The van der Waals surface area contributed by atoms with Gasteiger partial charge in [0.05, 0.1) is 23.3 Å². The summed E-state index contributed by atoms with van der Waals surface area (Å²) in [5.74, 6) is -1.29. The molecule has 0 atom stereocenters. The molecule has 0 saturated heterocycles. The highest BCUT2D eigenvalue weighted by molar-refractivity contribution is 6.35. The minimum Gasteiger partial charge on any atom is -0.545 e. The molecule has 0 aliphatic heterocycles. The van der Waals surface area contributed by atoms with Crippen LogP contribution in [0.15, 0.2) is 36.4 Å². The average molecular weight is 402 g/mol. The van der Waals surface area contributed by atoms with E-state index in [1.165, 1.54) is 18.2 Å². The lowest BCUT2D eigenvalue weighted by molar-refractivity contribution is -0.254. The van der Waals surface area contributed by atoms with E-state index in [0.717, 1.165) is 0 Å². The molecule has 0 saturated carbocycles. The molecule has 0 radical (unpaired) electrons. The summed E-state index contributed by atoms with van der Waals surface area (Å²) in [6, 6.07) is 8.89. The lowest BCUT2D eigenvalue weighted by Gasteiger charge is -2.12. The van der Waals surface area contributed by atoms with Gasteiger partial charge in [-0.1, -0.05) is 34.8 Å². The van der Waals surface area contributed by atoms with E-state index in [1.807, 2.05) is 0 Å². The second-order valence-electron chi connectivity index (χ2n) is 5.05. The highest BCUT2D eigenvalue weighted by Gasteiger charge is 2.09. The van der Waals surface area contributed by atoms with Crippen LogP contribution in [-0.4, -0.2) is 18.5 Å². The number of carboxylic acids is 1. The quantitative estimate of drug-likeness (QED) is 0.716. The largest absolute Gasteiger partial charge is 0.545 e. The summed E-state index contributed by atoms with van der Waals surface area (Å²) < 4.78 is 5.48. The van der Waals surface area contributed by atoms with E-state index in [9.17, 15) is 14.7 Å². The Morgan fingerprint density at radius 2 is 1.72 bits per heavy atom. The van der Waals surface area contributed by atoms with Gasteiger partial charge < -0.3 is 20.0 Å². The van der Waals surface area contributed by atoms with Crippen molar-refractivity contribution in [1.29, 1.82) is 0 Å². The number of nitrogens with one attached hydrogen (secondary N) is 1. The van der Waals surface area contributed by atoms with Crippen LogP contribution in [0.3, 0.4) is 0 Å². The molecule has 5 nitrogen and oxygen atoms in total. The summed E-state index contributed by atoms with van der Waals surface area (Å²) in [5.41, 5.74) is -0.0406. The fraction of sp³-hybridized carbons (Fsp3) is 0.176. The lowest BCUT2D eigenvalue weighted by Crippen LogP contribution is -2.25. The smallest absolute Gasteiger partial charge is 0.224 e. The van der Waals surface area contributed by atoms with Gasteiger partial charge >= 0.3 is 0 Å². The predicted octanol–water partition coefficient (Wildman–Crippen LogP) is 3.81. The van der Waals surface area contributed by atoms with Crippen molar-refractivity contribution >= 4 is 52.4 Å². The summed E-state index contributed by atoms with van der Waals surface area (Å²) in [7, 11) is 0. The van der Waals surface area contributed by atoms with Crippen LogP contribution < -0.4 is 15.2 Å². The van der Waals surface area contributed by atoms with E-state index in [0.29, 0.717) is 27.2 Å². The summed E-state index contributed by atoms with van der Waals surface area (Å²) in [5, 5.41) is 14.7. The minimum atomic E-state index is -1.40. The fourth-order valence-corrected chi connectivity index (χ4v) is 2.65. The molecule has 0 aliphatic rings. The predicted molar refractivity (Wildman–Crippen MR) is 95.6 cm³/mol. The van der Waals surface area contributed by atoms with Crippen molar-refractivity contribution in [2.24, 2.45) is 0 Å². The molecule has 0 aromatic heterocycles. The maximum absolute atomic E-state index is 12.0. The molecule has 0 fully saturated rings. The first-order valence-corrected chi connectivity index (χ1v) is 8.39. The summed E-state index contributed by atoms with van der Waals surface area (Å²) in [6.07, 6.45) is 0.538. The Labute approximate surface area is 159 Å². The molecule has 0 unspecified atom stereocenters. The van der Waals surface area contributed by atoms with Crippen LogP contribution in [0.5, 0.6) is 5.75 Å². The van der Waals surface area contributed by atoms with Crippen molar-refractivity contribution in [1.82, 2.24) is 0 Å². The van der Waals surface area contributed by atoms with Crippen molar-refractivity contribution in [3.05, 3.63) is 57.0 Å². The molecular weight excluding hydrogens is 389 g/mol. The normalized spacial score (nSPS) is 10.4. The Hall–Kier alpha value is -1.95. The number of benzene rings is 2. The van der Waals surface area contributed by atoms with Gasteiger partial charge in [0.25, 0.3) is 0 Å². The first-order valence-electron chi connectivity index (χ1n) is 7.25. The fourth-order valence-electron chi connectivity index (χ4n) is 2.02. The Balaban J connectivity index is 1.85. The third-order valence-electron chi connectivity index (χ3n) is 3.18. The second-order valence-corrected chi connectivity index (χ2v) is 6.33. The molecule has 0 aliphatic carbocycles. The minimum absolute atomic E-state index is 0.0964. The number of aromatic carboxylic acids is 1. The number of carboxylic acid groups (broad SMARTS) is 1. The SMILES string of the molecule is O=C(CCCOc1ccc(Cl)cc1Cl)Nc1cc(Cl)ccc1C(=O)[O-]. The molecule has 25 heavy (non-hydrogen) atoms.